The Labute approximate surface area is 140 Å². The fourth-order valence-electron chi connectivity index (χ4n) is 3.56. The number of piperidine rings is 1. The molecule has 6 heteroatoms. The predicted octanol–water partition coefficient (Wildman–Crippen LogP) is 2.90. The molecule has 1 aromatic carbocycles. The molecule has 0 unspecified atom stereocenters. The lowest BCUT2D eigenvalue weighted by molar-refractivity contribution is -0.134. The van der Waals surface area contributed by atoms with Crippen molar-refractivity contribution in [3.8, 4) is 0 Å². The molecular weight excluding hydrogens is 312 g/mol. The van der Waals surface area contributed by atoms with Crippen molar-refractivity contribution in [1.29, 1.82) is 0 Å². The fourth-order valence-corrected chi connectivity index (χ4v) is 3.68. The second-order valence-electron chi connectivity index (χ2n) is 6.46. The van der Waals surface area contributed by atoms with Crippen molar-refractivity contribution in [3.05, 3.63) is 47.5 Å². The second kappa shape index (κ2) is 5.96. The molecule has 2 aliphatic rings. The van der Waals surface area contributed by atoms with Crippen molar-refractivity contribution < 1.29 is 4.79 Å². The van der Waals surface area contributed by atoms with Crippen LogP contribution in [-0.2, 0) is 4.79 Å². The van der Waals surface area contributed by atoms with E-state index in [9.17, 15) is 4.79 Å². The summed E-state index contributed by atoms with van der Waals surface area (Å²) in [6, 6.07) is 8.13. The van der Waals surface area contributed by atoms with Crippen LogP contribution < -0.4 is 0 Å². The van der Waals surface area contributed by atoms with Gasteiger partial charge in [0.15, 0.2) is 0 Å². The number of hydrogen-bond acceptors (Lipinski definition) is 3. The molecule has 1 aliphatic carbocycles. The third-order valence-corrected chi connectivity index (χ3v) is 5.18. The molecule has 23 heavy (non-hydrogen) atoms. The molecule has 2 aromatic rings. The van der Waals surface area contributed by atoms with Crippen LogP contribution in [0.25, 0.3) is 0 Å². The number of carbonyl (C=O) groups excluding carboxylic acids is 1. The quantitative estimate of drug-likeness (QED) is 0.869. The number of amides is 1. The summed E-state index contributed by atoms with van der Waals surface area (Å²) in [6.45, 7) is 1.60. The normalized spacial score (nSPS) is 27.0. The number of halogens is 1. The number of hydrogen-bond donors (Lipinski definition) is 0. The minimum Gasteiger partial charge on any atom is -0.340 e. The van der Waals surface area contributed by atoms with Crippen molar-refractivity contribution in [2.75, 3.05) is 13.1 Å². The Kier molecular flexibility index (Phi) is 3.81. The molecule has 120 valence electrons. The average Bonchev–Trinajstić information content (AvgIpc) is 3.18. The van der Waals surface area contributed by atoms with Gasteiger partial charge < -0.3 is 4.90 Å². The summed E-state index contributed by atoms with van der Waals surface area (Å²) in [6.07, 6.45) is 6.32. The van der Waals surface area contributed by atoms with Gasteiger partial charge in [0.2, 0.25) is 5.91 Å². The van der Waals surface area contributed by atoms with Gasteiger partial charge in [-0.15, -0.1) is 0 Å². The lowest BCUT2D eigenvalue weighted by Crippen LogP contribution is -2.41. The Morgan fingerprint density at radius 2 is 2.09 bits per heavy atom. The van der Waals surface area contributed by atoms with Gasteiger partial charge in [0, 0.05) is 24.0 Å². The maximum atomic E-state index is 12.8. The van der Waals surface area contributed by atoms with Gasteiger partial charge in [-0.2, -0.15) is 5.10 Å². The predicted molar refractivity (Wildman–Crippen MR) is 87.2 cm³/mol. The summed E-state index contributed by atoms with van der Waals surface area (Å²) in [5.74, 6) is 0.770. The van der Waals surface area contributed by atoms with Crippen molar-refractivity contribution in [3.63, 3.8) is 0 Å². The van der Waals surface area contributed by atoms with Crippen molar-refractivity contribution in [1.82, 2.24) is 19.7 Å². The van der Waals surface area contributed by atoms with Crippen LogP contribution in [0.1, 0.15) is 36.8 Å². The maximum absolute atomic E-state index is 12.8. The van der Waals surface area contributed by atoms with E-state index in [1.54, 1.807) is 12.7 Å². The number of benzene rings is 1. The Morgan fingerprint density at radius 3 is 2.83 bits per heavy atom. The third kappa shape index (κ3) is 2.98. The van der Waals surface area contributed by atoms with Gasteiger partial charge in [-0.1, -0.05) is 23.7 Å². The van der Waals surface area contributed by atoms with Crippen LogP contribution in [0.2, 0.25) is 5.02 Å². The Morgan fingerprint density at radius 1 is 1.26 bits per heavy atom. The summed E-state index contributed by atoms with van der Waals surface area (Å²) in [5.41, 5.74) is 1.22. The van der Waals surface area contributed by atoms with E-state index in [-0.39, 0.29) is 17.9 Å². The van der Waals surface area contributed by atoms with E-state index in [0.717, 1.165) is 37.4 Å². The minimum atomic E-state index is 0.130. The number of likely N-dealkylation sites (tertiary alicyclic amines) is 1. The molecule has 0 spiro atoms. The largest absolute Gasteiger partial charge is 0.340 e. The van der Waals surface area contributed by atoms with Crippen LogP contribution in [0.4, 0.5) is 0 Å². The van der Waals surface area contributed by atoms with E-state index in [1.807, 2.05) is 33.8 Å². The van der Waals surface area contributed by atoms with Crippen LogP contribution in [0.3, 0.4) is 0 Å². The van der Waals surface area contributed by atoms with E-state index in [0.29, 0.717) is 5.92 Å². The highest BCUT2D eigenvalue weighted by Crippen LogP contribution is 2.49. The van der Waals surface area contributed by atoms with Gasteiger partial charge in [-0.05, 0) is 42.9 Å². The highest BCUT2D eigenvalue weighted by atomic mass is 35.5. The SMILES string of the molecule is O=C([C@@H]1C[C@@H]1c1ccc(Cl)cc1)N1CCC[C@H](n2cncn2)C1. The Balaban J connectivity index is 1.40. The first-order valence-corrected chi connectivity index (χ1v) is 8.48. The van der Waals surface area contributed by atoms with Crippen LogP contribution in [0.15, 0.2) is 36.9 Å². The smallest absolute Gasteiger partial charge is 0.226 e. The van der Waals surface area contributed by atoms with Crippen LogP contribution in [-0.4, -0.2) is 38.7 Å². The third-order valence-electron chi connectivity index (χ3n) is 4.92. The topological polar surface area (TPSA) is 51.0 Å². The molecule has 1 aliphatic heterocycles. The summed E-state index contributed by atoms with van der Waals surface area (Å²) in [5, 5.41) is 4.96. The van der Waals surface area contributed by atoms with E-state index < -0.39 is 0 Å². The van der Waals surface area contributed by atoms with E-state index >= 15 is 0 Å². The van der Waals surface area contributed by atoms with Crippen molar-refractivity contribution in [2.45, 2.75) is 31.2 Å². The number of rotatable bonds is 3. The Bertz CT molecular complexity index is 685. The summed E-state index contributed by atoms with van der Waals surface area (Å²) in [7, 11) is 0. The van der Waals surface area contributed by atoms with Crippen molar-refractivity contribution in [2.24, 2.45) is 5.92 Å². The van der Waals surface area contributed by atoms with E-state index in [4.69, 9.17) is 11.6 Å². The average molecular weight is 331 g/mol. The summed E-state index contributed by atoms with van der Waals surface area (Å²) >= 11 is 5.93. The zero-order valence-corrected chi connectivity index (χ0v) is 13.6. The molecule has 1 amide bonds. The molecule has 1 saturated carbocycles. The molecule has 4 rings (SSSR count). The maximum Gasteiger partial charge on any atom is 0.226 e. The highest BCUT2D eigenvalue weighted by molar-refractivity contribution is 6.30. The molecule has 2 fully saturated rings. The molecule has 3 atom stereocenters. The molecule has 5 nitrogen and oxygen atoms in total. The molecule has 2 heterocycles. The first-order chi connectivity index (χ1) is 11.2. The van der Waals surface area contributed by atoms with Gasteiger partial charge >= 0.3 is 0 Å². The number of aromatic nitrogens is 3. The van der Waals surface area contributed by atoms with E-state index in [2.05, 4.69) is 10.1 Å². The van der Waals surface area contributed by atoms with Gasteiger partial charge in [-0.3, -0.25) is 4.79 Å². The van der Waals surface area contributed by atoms with Gasteiger partial charge in [0.05, 0.1) is 6.04 Å². The zero-order valence-electron chi connectivity index (χ0n) is 12.8. The van der Waals surface area contributed by atoms with Gasteiger partial charge in [-0.25, -0.2) is 9.67 Å². The highest BCUT2D eigenvalue weighted by Gasteiger charge is 2.46. The van der Waals surface area contributed by atoms with Gasteiger partial charge in [0.1, 0.15) is 12.7 Å². The van der Waals surface area contributed by atoms with Crippen LogP contribution in [0.5, 0.6) is 0 Å². The van der Waals surface area contributed by atoms with E-state index in [1.165, 1.54) is 5.56 Å². The summed E-state index contributed by atoms with van der Waals surface area (Å²) < 4.78 is 1.88. The number of carbonyl (C=O) groups is 1. The molecule has 1 aromatic heterocycles. The van der Waals surface area contributed by atoms with Gasteiger partial charge in [0.25, 0.3) is 0 Å². The van der Waals surface area contributed by atoms with Crippen molar-refractivity contribution >= 4 is 17.5 Å². The minimum absolute atomic E-state index is 0.130. The zero-order chi connectivity index (χ0) is 15.8. The first kappa shape index (κ1) is 14.7. The standard InChI is InChI=1S/C17H19ClN4O/c18-13-5-3-12(4-6-13)15-8-16(15)17(23)21-7-1-2-14(9-21)22-11-19-10-20-22/h3-6,10-11,14-16H,1-2,7-9H2/t14-,15+,16+/m0/s1. The van der Waals surface area contributed by atoms with Crippen LogP contribution in [0, 0.1) is 5.92 Å². The lowest BCUT2D eigenvalue weighted by atomic mass is 10.0. The Hall–Kier alpha value is -1.88. The monoisotopic (exact) mass is 330 g/mol. The number of nitrogens with zero attached hydrogens (tertiary/aromatic N) is 4. The second-order valence-corrected chi connectivity index (χ2v) is 6.89. The fraction of sp³-hybridized carbons (Fsp3) is 0.471. The molecular formula is C17H19ClN4O. The van der Waals surface area contributed by atoms with Crippen LogP contribution >= 0.6 is 11.6 Å². The molecule has 0 radical (unpaired) electrons. The molecule has 0 bridgehead atoms. The molecule has 0 N–H and O–H groups in total. The summed E-state index contributed by atoms with van der Waals surface area (Å²) in [4.78, 5) is 18.8. The lowest BCUT2D eigenvalue weighted by Gasteiger charge is -2.32. The first-order valence-electron chi connectivity index (χ1n) is 8.11. The molecule has 1 saturated heterocycles.